The number of carbonyl (C=O) groups excluding carboxylic acids is 1. The van der Waals surface area contributed by atoms with Crippen LogP contribution in [0.1, 0.15) is 4.88 Å². The molecule has 0 unspecified atom stereocenters. The Kier molecular flexibility index (Phi) is 5.25. The van der Waals surface area contributed by atoms with Crippen molar-refractivity contribution >= 4 is 34.1 Å². The highest BCUT2D eigenvalue weighted by atomic mass is 32.1. The molecule has 0 saturated carbocycles. The Labute approximate surface area is 166 Å². The van der Waals surface area contributed by atoms with E-state index in [0.717, 1.165) is 34.2 Å². The Balaban J connectivity index is 1.44. The highest BCUT2D eigenvalue weighted by Crippen LogP contribution is 2.28. The van der Waals surface area contributed by atoms with E-state index in [0.29, 0.717) is 12.4 Å². The van der Waals surface area contributed by atoms with Crippen LogP contribution >= 0.6 is 11.3 Å². The highest BCUT2D eigenvalue weighted by Gasteiger charge is 2.10. The smallest absolute Gasteiger partial charge is 0.320 e. The summed E-state index contributed by atoms with van der Waals surface area (Å²) in [4.78, 5) is 13.4. The van der Waals surface area contributed by atoms with Crippen molar-refractivity contribution in [1.29, 1.82) is 0 Å². The van der Waals surface area contributed by atoms with E-state index in [1.54, 1.807) is 18.4 Å². The molecule has 0 aliphatic carbocycles. The summed E-state index contributed by atoms with van der Waals surface area (Å²) >= 11 is 1.69. The van der Waals surface area contributed by atoms with Crippen LogP contribution in [-0.4, -0.2) is 29.9 Å². The first kappa shape index (κ1) is 18.1. The van der Waals surface area contributed by atoms with Crippen LogP contribution in [-0.2, 0) is 6.42 Å². The zero-order valence-corrected chi connectivity index (χ0v) is 16.2. The molecule has 4 aromatic rings. The minimum absolute atomic E-state index is 0.262. The summed E-state index contributed by atoms with van der Waals surface area (Å²) in [5, 5.41) is 15.8. The van der Waals surface area contributed by atoms with Crippen molar-refractivity contribution in [1.82, 2.24) is 15.5 Å². The quantitative estimate of drug-likeness (QED) is 0.446. The van der Waals surface area contributed by atoms with Gasteiger partial charge in [0.2, 0.25) is 0 Å². The van der Waals surface area contributed by atoms with E-state index in [2.05, 4.69) is 26.9 Å². The molecule has 2 amide bonds. The normalized spacial score (nSPS) is 10.8. The van der Waals surface area contributed by atoms with Gasteiger partial charge in [0.05, 0.1) is 12.6 Å². The van der Waals surface area contributed by atoms with E-state index in [1.165, 1.54) is 4.88 Å². The number of nitrogens with zero attached hydrogens (tertiary/aromatic N) is 1. The number of anilines is 1. The van der Waals surface area contributed by atoms with E-state index in [1.807, 2.05) is 53.9 Å². The Bertz CT molecular complexity index is 1090. The molecule has 2 aromatic heterocycles. The molecule has 0 atom stereocenters. The van der Waals surface area contributed by atoms with Crippen molar-refractivity contribution < 1.29 is 9.53 Å². The number of urea groups is 1. The molecule has 0 spiro atoms. The molecular formula is C21H20N4O2S. The average Bonchev–Trinajstić information content (AvgIpc) is 3.38. The van der Waals surface area contributed by atoms with Crippen LogP contribution in [0.5, 0.6) is 5.75 Å². The average molecular weight is 392 g/mol. The van der Waals surface area contributed by atoms with Crippen LogP contribution in [0.2, 0.25) is 0 Å². The maximum absolute atomic E-state index is 12.2. The number of rotatable bonds is 6. The summed E-state index contributed by atoms with van der Waals surface area (Å²) in [6.45, 7) is 0.578. The number of ether oxygens (including phenoxy) is 1. The first-order valence-electron chi connectivity index (χ1n) is 8.93. The number of aromatic nitrogens is 2. The number of carbonyl (C=O) groups is 1. The van der Waals surface area contributed by atoms with E-state index in [9.17, 15) is 4.79 Å². The van der Waals surface area contributed by atoms with Crippen molar-refractivity contribution in [3.63, 3.8) is 0 Å². The fraction of sp³-hybridized carbons (Fsp3) is 0.143. The van der Waals surface area contributed by atoms with Gasteiger partial charge in [0.25, 0.3) is 0 Å². The number of hydrogen-bond acceptors (Lipinski definition) is 4. The third-order valence-electron chi connectivity index (χ3n) is 4.43. The minimum atomic E-state index is -0.262. The van der Waals surface area contributed by atoms with Crippen molar-refractivity contribution in [2.75, 3.05) is 19.0 Å². The molecule has 0 aliphatic heterocycles. The van der Waals surface area contributed by atoms with Gasteiger partial charge in [-0.2, -0.15) is 5.10 Å². The van der Waals surface area contributed by atoms with E-state index in [4.69, 9.17) is 4.74 Å². The maximum atomic E-state index is 12.2. The predicted octanol–water partition coefficient (Wildman–Crippen LogP) is 4.66. The number of fused-ring (bicyclic) bond motifs is 1. The molecule has 2 aromatic carbocycles. The molecule has 0 aliphatic rings. The van der Waals surface area contributed by atoms with E-state index in [-0.39, 0.29) is 6.03 Å². The topological polar surface area (TPSA) is 79.0 Å². The van der Waals surface area contributed by atoms with Crippen molar-refractivity contribution in [3.8, 4) is 16.9 Å². The molecular weight excluding hydrogens is 372 g/mol. The standard InChI is InChI=1S/C21H20N4O2S/c1-27-16-5-2-4-14(12-16)15-7-8-18-19(13-15)24-25-20(18)23-21(26)22-10-9-17-6-3-11-28-17/h2-8,11-13H,9-10H2,1H3,(H3,22,23,24,25,26). The number of methoxy groups -OCH3 is 1. The summed E-state index contributed by atoms with van der Waals surface area (Å²) in [5.74, 6) is 1.32. The molecule has 0 fully saturated rings. The Hall–Kier alpha value is -3.32. The number of benzene rings is 2. The predicted molar refractivity (Wildman–Crippen MR) is 113 cm³/mol. The minimum Gasteiger partial charge on any atom is -0.497 e. The summed E-state index contributed by atoms with van der Waals surface area (Å²) < 4.78 is 5.29. The van der Waals surface area contributed by atoms with Crippen molar-refractivity contribution in [2.24, 2.45) is 0 Å². The molecule has 3 N–H and O–H groups in total. The van der Waals surface area contributed by atoms with E-state index < -0.39 is 0 Å². The van der Waals surface area contributed by atoms with Gasteiger partial charge < -0.3 is 10.1 Å². The van der Waals surface area contributed by atoms with Crippen LogP contribution in [0.15, 0.2) is 60.0 Å². The van der Waals surface area contributed by atoms with Gasteiger partial charge in [0.1, 0.15) is 5.75 Å². The Morgan fingerprint density at radius 2 is 2.04 bits per heavy atom. The fourth-order valence-electron chi connectivity index (χ4n) is 3.00. The van der Waals surface area contributed by atoms with Crippen LogP contribution in [0.25, 0.3) is 22.0 Å². The van der Waals surface area contributed by atoms with Gasteiger partial charge in [0.15, 0.2) is 5.82 Å². The van der Waals surface area contributed by atoms with Crippen molar-refractivity contribution in [3.05, 3.63) is 64.9 Å². The molecule has 4 rings (SSSR count). The zero-order valence-electron chi connectivity index (χ0n) is 15.4. The lowest BCUT2D eigenvalue weighted by Crippen LogP contribution is -2.30. The molecule has 0 radical (unpaired) electrons. The lowest BCUT2D eigenvalue weighted by atomic mass is 10.0. The van der Waals surface area contributed by atoms with Gasteiger partial charge in [-0.3, -0.25) is 10.4 Å². The second kappa shape index (κ2) is 8.14. The molecule has 7 heteroatoms. The highest BCUT2D eigenvalue weighted by molar-refractivity contribution is 7.09. The number of nitrogens with one attached hydrogen (secondary N) is 3. The Morgan fingerprint density at radius 3 is 2.86 bits per heavy atom. The van der Waals surface area contributed by atoms with Gasteiger partial charge in [-0.15, -0.1) is 11.3 Å². The summed E-state index contributed by atoms with van der Waals surface area (Å²) in [6.07, 6.45) is 0.816. The summed E-state index contributed by atoms with van der Waals surface area (Å²) in [7, 11) is 1.65. The fourth-order valence-corrected chi connectivity index (χ4v) is 3.71. The van der Waals surface area contributed by atoms with Crippen molar-refractivity contribution in [2.45, 2.75) is 6.42 Å². The third-order valence-corrected chi connectivity index (χ3v) is 5.37. The van der Waals surface area contributed by atoms with Gasteiger partial charge >= 0.3 is 6.03 Å². The summed E-state index contributed by atoms with van der Waals surface area (Å²) in [6, 6.07) is 17.7. The van der Waals surface area contributed by atoms with Gasteiger partial charge in [-0.05, 0) is 53.3 Å². The number of hydrogen-bond donors (Lipinski definition) is 3. The molecule has 2 heterocycles. The zero-order chi connectivity index (χ0) is 19.3. The van der Waals surface area contributed by atoms with Crippen LogP contribution < -0.4 is 15.4 Å². The number of H-pyrrole nitrogens is 1. The largest absolute Gasteiger partial charge is 0.497 e. The van der Waals surface area contributed by atoms with Crippen LogP contribution in [0.4, 0.5) is 10.6 Å². The second-order valence-corrected chi connectivity index (χ2v) is 7.31. The Morgan fingerprint density at radius 1 is 1.14 bits per heavy atom. The lowest BCUT2D eigenvalue weighted by molar-refractivity contribution is 0.252. The third kappa shape index (κ3) is 3.99. The van der Waals surface area contributed by atoms with E-state index >= 15 is 0 Å². The van der Waals surface area contributed by atoms with Crippen LogP contribution in [0.3, 0.4) is 0 Å². The summed E-state index contributed by atoms with van der Waals surface area (Å²) in [5.41, 5.74) is 2.95. The molecule has 0 saturated heterocycles. The monoisotopic (exact) mass is 392 g/mol. The van der Waals surface area contributed by atoms with Gasteiger partial charge in [-0.25, -0.2) is 4.79 Å². The SMILES string of the molecule is COc1cccc(-c2ccc3c(NC(=O)NCCc4cccs4)n[nH]c3c2)c1. The molecule has 142 valence electrons. The molecule has 28 heavy (non-hydrogen) atoms. The lowest BCUT2D eigenvalue weighted by Gasteiger charge is -2.06. The number of amides is 2. The first-order chi connectivity index (χ1) is 13.7. The maximum Gasteiger partial charge on any atom is 0.320 e. The van der Waals surface area contributed by atoms with Gasteiger partial charge in [0, 0.05) is 16.8 Å². The first-order valence-corrected chi connectivity index (χ1v) is 9.81. The van der Waals surface area contributed by atoms with Gasteiger partial charge in [-0.1, -0.05) is 24.3 Å². The van der Waals surface area contributed by atoms with Crippen LogP contribution in [0, 0.1) is 0 Å². The molecule has 6 nitrogen and oxygen atoms in total. The second-order valence-electron chi connectivity index (χ2n) is 6.27. The number of aromatic amines is 1. The molecule has 0 bridgehead atoms. The number of thiophene rings is 1.